The fraction of sp³-hybridized carbons (Fsp3) is 0.421. The minimum atomic E-state index is -0.138. The first-order valence-electron chi connectivity index (χ1n) is 8.13. The Bertz CT molecular complexity index is 588. The van der Waals surface area contributed by atoms with Crippen LogP contribution in [-0.2, 0) is 11.2 Å². The largest absolute Gasteiger partial charge is 0.497 e. The van der Waals surface area contributed by atoms with E-state index in [1.807, 2.05) is 53.4 Å². The van der Waals surface area contributed by atoms with E-state index in [9.17, 15) is 4.79 Å². The first-order chi connectivity index (χ1) is 11.1. The molecule has 0 saturated heterocycles. The molecule has 1 N–H and O–H groups in total. The van der Waals surface area contributed by atoms with Crippen molar-refractivity contribution in [2.45, 2.75) is 32.7 Å². The molecule has 1 amide bonds. The van der Waals surface area contributed by atoms with Gasteiger partial charge in [-0.2, -0.15) is 0 Å². The number of nitrogens with zero attached hydrogens (tertiary/aromatic N) is 1. The summed E-state index contributed by atoms with van der Waals surface area (Å²) in [5.74, 6) is 1.40. The highest BCUT2D eigenvalue weighted by Gasteiger charge is 2.20. The van der Waals surface area contributed by atoms with Crippen molar-refractivity contribution < 1.29 is 9.53 Å². The predicted molar refractivity (Wildman–Crippen MR) is 92.6 cm³/mol. The highest BCUT2D eigenvalue weighted by molar-refractivity contribution is 5.80. The molecular formula is C19H26N2O2. The molecule has 1 atom stereocenters. The van der Waals surface area contributed by atoms with E-state index in [4.69, 9.17) is 4.74 Å². The van der Waals surface area contributed by atoms with Crippen LogP contribution in [0, 0.1) is 5.92 Å². The summed E-state index contributed by atoms with van der Waals surface area (Å²) >= 11 is 0. The topological polar surface area (TPSA) is 43.3 Å². The fourth-order valence-electron chi connectivity index (χ4n) is 2.61. The van der Waals surface area contributed by atoms with Gasteiger partial charge >= 0.3 is 0 Å². The molecule has 1 heterocycles. The summed E-state index contributed by atoms with van der Waals surface area (Å²) in [5, 5.41) is 3.06. The fourth-order valence-corrected chi connectivity index (χ4v) is 2.61. The Hall–Kier alpha value is -2.23. The van der Waals surface area contributed by atoms with Gasteiger partial charge in [0.25, 0.3) is 0 Å². The summed E-state index contributed by atoms with van der Waals surface area (Å²) in [4.78, 5) is 12.5. The second-order valence-corrected chi connectivity index (χ2v) is 6.16. The first-order valence-corrected chi connectivity index (χ1v) is 8.13. The number of hydrogen-bond donors (Lipinski definition) is 1. The molecule has 0 radical (unpaired) electrons. The summed E-state index contributed by atoms with van der Waals surface area (Å²) < 4.78 is 7.14. The number of benzene rings is 1. The van der Waals surface area contributed by atoms with Gasteiger partial charge in [0.1, 0.15) is 11.8 Å². The molecule has 124 valence electrons. The maximum absolute atomic E-state index is 12.5. The average molecular weight is 314 g/mol. The predicted octanol–water partition coefficient (Wildman–Crippen LogP) is 3.44. The van der Waals surface area contributed by atoms with Gasteiger partial charge in [-0.05, 0) is 48.6 Å². The third-order valence-electron chi connectivity index (χ3n) is 3.86. The second kappa shape index (κ2) is 8.42. The molecule has 2 rings (SSSR count). The Morgan fingerprint density at radius 3 is 2.39 bits per heavy atom. The van der Waals surface area contributed by atoms with Crippen molar-refractivity contribution in [3.63, 3.8) is 0 Å². The number of ether oxygens (including phenoxy) is 1. The van der Waals surface area contributed by atoms with Crippen LogP contribution in [-0.4, -0.2) is 24.1 Å². The highest BCUT2D eigenvalue weighted by Crippen LogP contribution is 2.18. The number of nitrogens with one attached hydrogen (secondary N) is 1. The van der Waals surface area contributed by atoms with E-state index < -0.39 is 0 Å². The summed E-state index contributed by atoms with van der Waals surface area (Å²) in [6.45, 7) is 4.92. The number of aromatic nitrogens is 1. The van der Waals surface area contributed by atoms with Crippen LogP contribution in [0.2, 0.25) is 0 Å². The molecule has 0 spiro atoms. The molecule has 2 aromatic rings. The molecule has 0 aliphatic carbocycles. The summed E-state index contributed by atoms with van der Waals surface area (Å²) in [7, 11) is 1.66. The molecule has 23 heavy (non-hydrogen) atoms. The number of amides is 1. The maximum atomic E-state index is 12.5. The Labute approximate surface area is 138 Å². The molecule has 0 bridgehead atoms. The van der Waals surface area contributed by atoms with Gasteiger partial charge in [-0.1, -0.05) is 26.0 Å². The van der Waals surface area contributed by atoms with Crippen LogP contribution in [0.4, 0.5) is 0 Å². The van der Waals surface area contributed by atoms with E-state index >= 15 is 0 Å². The molecule has 0 aliphatic heterocycles. The third-order valence-corrected chi connectivity index (χ3v) is 3.86. The van der Waals surface area contributed by atoms with E-state index in [2.05, 4.69) is 19.2 Å². The molecule has 0 saturated carbocycles. The van der Waals surface area contributed by atoms with Gasteiger partial charge in [-0.25, -0.2) is 0 Å². The van der Waals surface area contributed by atoms with Crippen molar-refractivity contribution in [2.24, 2.45) is 5.92 Å². The SMILES string of the molecule is COc1ccc(CCNC(=O)C(CC(C)C)n2cccc2)cc1. The lowest BCUT2D eigenvalue weighted by molar-refractivity contribution is -0.124. The molecule has 4 nitrogen and oxygen atoms in total. The van der Waals surface area contributed by atoms with E-state index in [1.165, 1.54) is 5.56 Å². The second-order valence-electron chi connectivity index (χ2n) is 6.16. The third kappa shape index (κ3) is 5.16. The van der Waals surface area contributed by atoms with Crippen molar-refractivity contribution in [1.29, 1.82) is 0 Å². The zero-order valence-electron chi connectivity index (χ0n) is 14.2. The zero-order valence-corrected chi connectivity index (χ0v) is 14.2. The van der Waals surface area contributed by atoms with Crippen molar-refractivity contribution >= 4 is 5.91 Å². The first kappa shape index (κ1) is 17.1. The van der Waals surface area contributed by atoms with Gasteiger partial charge < -0.3 is 14.6 Å². The summed E-state index contributed by atoms with van der Waals surface area (Å²) in [6.07, 6.45) is 5.56. The van der Waals surface area contributed by atoms with Gasteiger partial charge in [0.2, 0.25) is 5.91 Å². The molecule has 0 aliphatic rings. The standard InChI is InChI=1S/C19H26N2O2/c1-15(2)14-18(21-12-4-5-13-21)19(22)20-11-10-16-6-8-17(23-3)9-7-16/h4-9,12-13,15,18H,10-11,14H2,1-3H3,(H,20,22). The van der Waals surface area contributed by atoms with Gasteiger partial charge in [0.15, 0.2) is 0 Å². The highest BCUT2D eigenvalue weighted by atomic mass is 16.5. The van der Waals surface area contributed by atoms with E-state index in [0.29, 0.717) is 12.5 Å². The van der Waals surface area contributed by atoms with Crippen molar-refractivity contribution in [3.05, 3.63) is 54.4 Å². The van der Waals surface area contributed by atoms with E-state index in [0.717, 1.165) is 18.6 Å². The van der Waals surface area contributed by atoms with Crippen LogP contribution in [0.25, 0.3) is 0 Å². The van der Waals surface area contributed by atoms with Crippen LogP contribution in [0.1, 0.15) is 31.9 Å². The number of hydrogen-bond acceptors (Lipinski definition) is 2. The Morgan fingerprint density at radius 2 is 1.83 bits per heavy atom. The number of carbonyl (C=O) groups is 1. The number of rotatable bonds is 8. The van der Waals surface area contributed by atoms with Crippen LogP contribution in [0.15, 0.2) is 48.8 Å². The lowest BCUT2D eigenvalue weighted by Crippen LogP contribution is -2.34. The maximum Gasteiger partial charge on any atom is 0.243 e. The van der Waals surface area contributed by atoms with Crippen LogP contribution < -0.4 is 10.1 Å². The smallest absolute Gasteiger partial charge is 0.243 e. The molecule has 4 heteroatoms. The summed E-state index contributed by atoms with van der Waals surface area (Å²) in [5.41, 5.74) is 1.19. The van der Waals surface area contributed by atoms with Gasteiger partial charge in [0.05, 0.1) is 7.11 Å². The molecular weight excluding hydrogens is 288 g/mol. The van der Waals surface area contributed by atoms with Crippen molar-refractivity contribution in [2.75, 3.05) is 13.7 Å². The van der Waals surface area contributed by atoms with Crippen LogP contribution >= 0.6 is 0 Å². The Balaban J connectivity index is 1.88. The van der Waals surface area contributed by atoms with Crippen LogP contribution in [0.5, 0.6) is 5.75 Å². The zero-order chi connectivity index (χ0) is 16.7. The lowest BCUT2D eigenvalue weighted by Gasteiger charge is -2.20. The quantitative estimate of drug-likeness (QED) is 0.811. The summed E-state index contributed by atoms with van der Waals surface area (Å²) in [6, 6.07) is 11.7. The van der Waals surface area contributed by atoms with Crippen LogP contribution in [0.3, 0.4) is 0 Å². The monoisotopic (exact) mass is 314 g/mol. The van der Waals surface area contributed by atoms with Crippen molar-refractivity contribution in [1.82, 2.24) is 9.88 Å². The minimum absolute atomic E-state index is 0.0865. The van der Waals surface area contributed by atoms with Gasteiger partial charge in [-0.3, -0.25) is 4.79 Å². The number of methoxy groups -OCH3 is 1. The van der Waals surface area contributed by atoms with Gasteiger partial charge in [-0.15, -0.1) is 0 Å². The normalized spacial score (nSPS) is 12.2. The molecule has 1 aromatic heterocycles. The van der Waals surface area contributed by atoms with Gasteiger partial charge in [0, 0.05) is 18.9 Å². The Morgan fingerprint density at radius 1 is 1.17 bits per heavy atom. The van der Waals surface area contributed by atoms with E-state index in [-0.39, 0.29) is 11.9 Å². The minimum Gasteiger partial charge on any atom is -0.497 e. The molecule has 0 fully saturated rings. The lowest BCUT2D eigenvalue weighted by atomic mass is 10.0. The molecule has 1 aromatic carbocycles. The Kier molecular flexibility index (Phi) is 6.27. The molecule has 1 unspecified atom stereocenters. The van der Waals surface area contributed by atoms with Crippen molar-refractivity contribution in [3.8, 4) is 5.75 Å². The van der Waals surface area contributed by atoms with E-state index in [1.54, 1.807) is 7.11 Å². The average Bonchev–Trinajstić information content (AvgIpc) is 3.07. The number of carbonyl (C=O) groups excluding carboxylic acids is 1.